The van der Waals surface area contributed by atoms with Gasteiger partial charge in [-0.1, -0.05) is 25.4 Å². The third-order valence-electron chi connectivity index (χ3n) is 4.45. The molecule has 0 saturated carbocycles. The molecule has 2 aromatic rings. The van der Waals surface area contributed by atoms with Crippen LogP contribution in [-0.4, -0.2) is 43.8 Å². The first-order valence-corrected chi connectivity index (χ1v) is 12.0. The second-order valence-electron chi connectivity index (χ2n) is 6.59. The largest absolute Gasteiger partial charge is 0.449 e. The second kappa shape index (κ2) is 9.91. The number of hydrogen-bond donors (Lipinski definition) is 1. The van der Waals surface area contributed by atoms with Gasteiger partial charge in [-0.2, -0.15) is 4.31 Å². The van der Waals surface area contributed by atoms with Crippen LogP contribution in [0.15, 0.2) is 29.2 Å². The summed E-state index contributed by atoms with van der Waals surface area (Å²) in [5.41, 5.74) is 0.544. The number of aryl methyl sites for hydroxylation is 2. The summed E-state index contributed by atoms with van der Waals surface area (Å²) < 4.78 is 32.0. The van der Waals surface area contributed by atoms with Crippen LogP contribution >= 0.6 is 22.9 Å². The van der Waals surface area contributed by atoms with E-state index in [-0.39, 0.29) is 15.6 Å². The summed E-state index contributed by atoms with van der Waals surface area (Å²) in [5.74, 6) is -1.21. The predicted molar refractivity (Wildman–Crippen MR) is 119 cm³/mol. The third-order valence-corrected chi connectivity index (χ3v) is 7.79. The number of sulfonamides is 1. The maximum absolute atomic E-state index is 12.7. The summed E-state index contributed by atoms with van der Waals surface area (Å²) in [5, 5.41) is 2.72. The number of ether oxygens (including phenoxy) is 1. The van der Waals surface area contributed by atoms with Crippen molar-refractivity contribution in [3.8, 4) is 0 Å². The zero-order chi connectivity index (χ0) is 22.6. The molecule has 0 aliphatic rings. The molecule has 2 rings (SSSR count). The summed E-state index contributed by atoms with van der Waals surface area (Å²) in [6, 6.07) is 5.80. The van der Waals surface area contributed by atoms with Gasteiger partial charge >= 0.3 is 5.97 Å². The fourth-order valence-electron chi connectivity index (χ4n) is 2.82. The van der Waals surface area contributed by atoms with Crippen molar-refractivity contribution in [2.75, 3.05) is 18.4 Å². The highest BCUT2D eigenvalue weighted by Crippen LogP contribution is 2.27. The van der Waals surface area contributed by atoms with E-state index in [2.05, 4.69) is 5.32 Å². The van der Waals surface area contributed by atoms with Crippen LogP contribution in [0.1, 0.15) is 40.9 Å². The Kier molecular flexibility index (Phi) is 8.04. The first kappa shape index (κ1) is 24.3. The van der Waals surface area contributed by atoms with Crippen molar-refractivity contribution in [2.45, 2.75) is 45.6 Å². The van der Waals surface area contributed by atoms with E-state index in [0.717, 1.165) is 9.75 Å². The molecule has 1 unspecified atom stereocenters. The summed E-state index contributed by atoms with van der Waals surface area (Å²) in [7, 11) is -3.71. The fraction of sp³-hybridized carbons (Fsp3) is 0.400. The van der Waals surface area contributed by atoms with E-state index in [1.807, 2.05) is 6.92 Å². The van der Waals surface area contributed by atoms with Gasteiger partial charge in [0.25, 0.3) is 5.91 Å². The summed E-state index contributed by atoms with van der Waals surface area (Å²) in [4.78, 5) is 26.6. The highest BCUT2D eigenvalue weighted by Gasteiger charge is 2.25. The number of esters is 1. The molecule has 1 aromatic carbocycles. The van der Waals surface area contributed by atoms with E-state index in [9.17, 15) is 18.0 Å². The minimum Gasteiger partial charge on any atom is -0.449 e. The summed E-state index contributed by atoms with van der Waals surface area (Å²) in [6.45, 7) is 9.24. The molecule has 7 nitrogen and oxygen atoms in total. The molecule has 30 heavy (non-hydrogen) atoms. The van der Waals surface area contributed by atoms with Crippen LogP contribution in [0.2, 0.25) is 5.02 Å². The fourth-order valence-corrected chi connectivity index (χ4v) is 5.38. The lowest BCUT2D eigenvalue weighted by Gasteiger charge is -2.19. The molecule has 0 aliphatic heterocycles. The molecule has 1 aromatic heterocycles. The van der Waals surface area contributed by atoms with Gasteiger partial charge in [-0.25, -0.2) is 13.2 Å². The third kappa shape index (κ3) is 5.40. The van der Waals surface area contributed by atoms with Crippen LogP contribution in [0.3, 0.4) is 0 Å². The van der Waals surface area contributed by atoms with Gasteiger partial charge in [0.2, 0.25) is 10.0 Å². The molecule has 1 heterocycles. The van der Waals surface area contributed by atoms with E-state index in [1.54, 1.807) is 26.8 Å². The van der Waals surface area contributed by atoms with Gasteiger partial charge in [0.1, 0.15) is 0 Å². The maximum atomic E-state index is 12.7. The standard InChI is InChI=1S/C20H25ClN2O5S2/c1-6-23(7-2)30(26,27)15-8-9-17(21)18(11-15)22-19(24)13(4)28-20(25)16-10-12(3)29-14(16)5/h8-11,13H,6-7H2,1-5H3,(H,22,24). The molecule has 0 aliphatic carbocycles. The summed E-state index contributed by atoms with van der Waals surface area (Å²) >= 11 is 7.61. The summed E-state index contributed by atoms with van der Waals surface area (Å²) in [6.07, 6.45) is -1.10. The molecule has 10 heteroatoms. The van der Waals surface area contributed by atoms with Gasteiger partial charge in [0.05, 0.1) is 21.2 Å². The average molecular weight is 473 g/mol. The Morgan fingerprint density at radius 3 is 2.37 bits per heavy atom. The zero-order valence-electron chi connectivity index (χ0n) is 17.5. The highest BCUT2D eigenvalue weighted by molar-refractivity contribution is 7.89. The van der Waals surface area contributed by atoms with E-state index >= 15 is 0 Å². The number of hydrogen-bond acceptors (Lipinski definition) is 6. The lowest BCUT2D eigenvalue weighted by Crippen LogP contribution is -2.31. The number of nitrogens with one attached hydrogen (secondary N) is 1. The molecule has 0 saturated heterocycles. The molecule has 1 amide bonds. The number of thiophene rings is 1. The molecular formula is C20H25ClN2O5S2. The molecule has 0 bridgehead atoms. The van der Waals surface area contributed by atoms with Crippen molar-refractivity contribution in [3.63, 3.8) is 0 Å². The Morgan fingerprint density at radius 2 is 1.83 bits per heavy atom. The van der Waals surface area contributed by atoms with E-state index in [1.165, 1.54) is 40.8 Å². The molecular weight excluding hydrogens is 448 g/mol. The van der Waals surface area contributed by atoms with Crippen molar-refractivity contribution in [3.05, 3.63) is 44.6 Å². The van der Waals surface area contributed by atoms with Crippen molar-refractivity contribution < 1.29 is 22.7 Å². The second-order valence-corrected chi connectivity index (χ2v) is 10.4. The smallest absolute Gasteiger partial charge is 0.340 e. The quantitative estimate of drug-likeness (QED) is 0.580. The van der Waals surface area contributed by atoms with Crippen molar-refractivity contribution in [1.29, 1.82) is 0 Å². The molecule has 0 spiro atoms. The van der Waals surface area contributed by atoms with E-state index < -0.39 is 28.0 Å². The Hall–Kier alpha value is -1.94. The number of halogens is 1. The van der Waals surface area contributed by atoms with Crippen molar-refractivity contribution >= 4 is 50.5 Å². The number of anilines is 1. The predicted octanol–water partition coefficient (Wildman–Crippen LogP) is 4.23. The first-order chi connectivity index (χ1) is 14.0. The first-order valence-electron chi connectivity index (χ1n) is 9.39. The molecule has 1 atom stereocenters. The van der Waals surface area contributed by atoms with Gasteiger partial charge < -0.3 is 10.1 Å². The van der Waals surface area contributed by atoms with Crippen LogP contribution < -0.4 is 5.32 Å². The highest BCUT2D eigenvalue weighted by atomic mass is 35.5. The van der Waals surface area contributed by atoms with Gasteiger partial charge in [-0.05, 0) is 45.0 Å². The van der Waals surface area contributed by atoms with Crippen LogP contribution in [-0.2, 0) is 19.6 Å². The van der Waals surface area contributed by atoms with Gasteiger partial charge in [0, 0.05) is 22.8 Å². The molecule has 0 radical (unpaired) electrons. The van der Waals surface area contributed by atoms with Crippen LogP contribution in [0.5, 0.6) is 0 Å². The van der Waals surface area contributed by atoms with Crippen LogP contribution in [0.4, 0.5) is 5.69 Å². The van der Waals surface area contributed by atoms with Gasteiger partial charge in [-0.3, -0.25) is 4.79 Å². The number of nitrogens with zero attached hydrogens (tertiary/aromatic N) is 1. The number of benzene rings is 1. The van der Waals surface area contributed by atoms with E-state index in [0.29, 0.717) is 18.7 Å². The maximum Gasteiger partial charge on any atom is 0.340 e. The minimum atomic E-state index is -3.71. The Labute approximate surface area is 186 Å². The average Bonchev–Trinajstić information content (AvgIpc) is 3.02. The van der Waals surface area contributed by atoms with Gasteiger partial charge in [-0.15, -0.1) is 11.3 Å². The number of rotatable bonds is 8. The SMILES string of the molecule is CCN(CC)S(=O)(=O)c1ccc(Cl)c(NC(=O)C(C)OC(=O)c2cc(C)sc2C)c1. The number of amides is 1. The topological polar surface area (TPSA) is 92.8 Å². The molecule has 1 N–H and O–H groups in total. The Balaban J connectivity index is 2.18. The Morgan fingerprint density at radius 1 is 1.20 bits per heavy atom. The van der Waals surface area contributed by atoms with Crippen molar-refractivity contribution in [2.24, 2.45) is 0 Å². The van der Waals surface area contributed by atoms with Gasteiger partial charge in [0.15, 0.2) is 6.10 Å². The Bertz CT molecular complexity index is 1050. The number of carbonyl (C=O) groups is 2. The lowest BCUT2D eigenvalue weighted by atomic mass is 10.2. The normalized spacial score (nSPS) is 12.6. The zero-order valence-corrected chi connectivity index (χ0v) is 19.9. The lowest BCUT2D eigenvalue weighted by molar-refractivity contribution is -0.123. The van der Waals surface area contributed by atoms with Crippen molar-refractivity contribution in [1.82, 2.24) is 4.31 Å². The molecule has 0 fully saturated rings. The molecule has 164 valence electrons. The van der Waals surface area contributed by atoms with Crippen LogP contribution in [0, 0.1) is 13.8 Å². The monoisotopic (exact) mass is 472 g/mol. The number of carbonyl (C=O) groups excluding carboxylic acids is 2. The minimum absolute atomic E-state index is 0.0138. The van der Waals surface area contributed by atoms with E-state index in [4.69, 9.17) is 16.3 Å². The van der Waals surface area contributed by atoms with Crippen LogP contribution in [0.25, 0.3) is 0 Å².